The normalized spacial score (nSPS) is 27.5. The number of nitrogens with one attached hydrogen (secondary N) is 2. The van der Waals surface area contributed by atoms with Crippen molar-refractivity contribution in [3.8, 4) is 0 Å². The van der Waals surface area contributed by atoms with Gasteiger partial charge in [0.05, 0.1) is 6.04 Å². The van der Waals surface area contributed by atoms with E-state index in [1.165, 1.54) is 5.56 Å². The van der Waals surface area contributed by atoms with Crippen molar-refractivity contribution in [1.82, 2.24) is 15.5 Å². The van der Waals surface area contributed by atoms with Crippen LogP contribution in [0.1, 0.15) is 40.7 Å². The van der Waals surface area contributed by atoms with Gasteiger partial charge in [-0.25, -0.2) is 0 Å². The third kappa shape index (κ3) is 4.07. The number of hydrogen-bond donors (Lipinski definition) is 2. The maximum absolute atomic E-state index is 13.5. The summed E-state index contributed by atoms with van der Waals surface area (Å²) in [7, 11) is 0. The molecule has 32 heavy (non-hydrogen) atoms. The van der Waals surface area contributed by atoms with Gasteiger partial charge in [-0.05, 0) is 62.8 Å². The highest BCUT2D eigenvalue weighted by Gasteiger charge is 2.45. The Balaban J connectivity index is 1.47. The SMILES string of the molecule is Cc1ccc(C(=O)N2CCC(Cc3ccccc3)C2C2N=C3CCCNC3C(=O)N2)cc1. The van der Waals surface area contributed by atoms with Crippen molar-refractivity contribution in [2.45, 2.75) is 50.9 Å². The lowest BCUT2D eigenvalue weighted by atomic mass is 9.89. The molecule has 4 atom stereocenters. The summed E-state index contributed by atoms with van der Waals surface area (Å²) in [5.41, 5.74) is 3.99. The largest absolute Gasteiger partial charge is 0.331 e. The zero-order valence-electron chi connectivity index (χ0n) is 18.5. The van der Waals surface area contributed by atoms with Gasteiger partial charge < -0.3 is 15.5 Å². The lowest BCUT2D eigenvalue weighted by molar-refractivity contribution is -0.123. The molecule has 0 aromatic heterocycles. The number of piperidine rings is 1. The van der Waals surface area contributed by atoms with Crippen LogP contribution in [0.4, 0.5) is 0 Å². The molecular formula is C26H30N4O2. The van der Waals surface area contributed by atoms with Crippen LogP contribution in [0.5, 0.6) is 0 Å². The monoisotopic (exact) mass is 430 g/mol. The standard InChI is InChI=1S/C26H30N4O2/c1-17-9-11-19(12-10-17)26(32)30-15-13-20(16-18-6-3-2-4-7-18)23(30)24-28-21-8-5-14-27-22(21)25(31)29-24/h2-4,6-7,9-12,20,22-24,27H,5,8,13-16H2,1H3,(H,29,31). The van der Waals surface area contributed by atoms with Gasteiger partial charge >= 0.3 is 0 Å². The van der Waals surface area contributed by atoms with Crippen LogP contribution in [0.3, 0.4) is 0 Å². The molecular weight excluding hydrogens is 400 g/mol. The molecule has 4 unspecified atom stereocenters. The minimum atomic E-state index is -0.403. The lowest BCUT2D eigenvalue weighted by Crippen LogP contribution is -2.62. The molecule has 2 fully saturated rings. The first kappa shape index (κ1) is 20.9. The van der Waals surface area contributed by atoms with Crippen LogP contribution in [0.2, 0.25) is 0 Å². The predicted molar refractivity (Wildman–Crippen MR) is 125 cm³/mol. The van der Waals surface area contributed by atoms with Crippen molar-refractivity contribution in [2.24, 2.45) is 10.9 Å². The smallest absolute Gasteiger partial charge is 0.254 e. The Morgan fingerprint density at radius 1 is 1.12 bits per heavy atom. The Bertz CT molecular complexity index is 1020. The quantitative estimate of drug-likeness (QED) is 0.783. The number of likely N-dealkylation sites (tertiary alicyclic amines) is 1. The first-order chi connectivity index (χ1) is 15.6. The molecule has 2 aromatic carbocycles. The second kappa shape index (κ2) is 8.87. The number of carbonyl (C=O) groups is 2. The van der Waals surface area contributed by atoms with E-state index in [-0.39, 0.29) is 29.8 Å². The fourth-order valence-corrected chi connectivity index (χ4v) is 5.31. The fraction of sp³-hybridized carbons (Fsp3) is 0.423. The molecule has 166 valence electrons. The summed E-state index contributed by atoms with van der Waals surface area (Å²) in [4.78, 5) is 33.4. The molecule has 2 N–H and O–H groups in total. The van der Waals surface area contributed by atoms with Gasteiger partial charge in [0.15, 0.2) is 0 Å². The molecule has 0 spiro atoms. The second-order valence-electron chi connectivity index (χ2n) is 9.16. The number of aliphatic imine (C=N–C) groups is 1. The van der Waals surface area contributed by atoms with E-state index in [1.54, 1.807) is 0 Å². The van der Waals surface area contributed by atoms with E-state index < -0.39 is 6.17 Å². The second-order valence-corrected chi connectivity index (χ2v) is 9.16. The van der Waals surface area contributed by atoms with Gasteiger partial charge in [-0.15, -0.1) is 0 Å². The van der Waals surface area contributed by atoms with E-state index in [1.807, 2.05) is 42.2 Å². The topological polar surface area (TPSA) is 73.8 Å². The number of hydrogen-bond acceptors (Lipinski definition) is 4. The van der Waals surface area contributed by atoms with Gasteiger partial charge in [0.1, 0.15) is 12.2 Å². The first-order valence-electron chi connectivity index (χ1n) is 11.6. The molecule has 3 aliphatic heterocycles. The molecule has 0 aliphatic carbocycles. The predicted octanol–water partition coefficient (Wildman–Crippen LogP) is 2.72. The minimum absolute atomic E-state index is 0.0175. The van der Waals surface area contributed by atoms with Crippen LogP contribution in [-0.2, 0) is 11.2 Å². The van der Waals surface area contributed by atoms with Crippen LogP contribution >= 0.6 is 0 Å². The third-order valence-corrected chi connectivity index (χ3v) is 6.96. The van der Waals surface area contributed by atoms with Crippen molar-refractivity contribution >= 4 is 17.5 Å². The highest BCUT2D eigenvalue weighted by Crippen LogP contribution is 2.33. The maximum Gasteiger partial charge on any atom is 0.254 e. The fourth-order valence-electron chi connectivity index (χ4n) is 5.31. The van der Waals surface area contributed by atoms with Crippen LogP contribution in [0.25, 0.3) is 0 Å². The number of amides is 2. The van der Waals surface area contributed by atoms with Gasteiger partial charge in [0, 0.05) is 17.8 Å². The van der Waals surface area contributed by atoms with E-state index in [0.717, 1.165) is 43.5 Å². The van der Waals surface area contributed by atoms with E-state index in [2.05, 4.69) is 34.9 Å². The Hall–Kier alpha value is -2.99. The zero-order chi connectivity index (χ0) is 22.1. The zero-order valence-corrected chi connectivity index (χ0v) is 18.5. The summed E-state index contributed by atoms with van der Waals surface area (Å²) < 4.78 is 0. The summed E-state index contributed by atoms with van der Waals surface area (Å²) in [5.74, 6) is 0.228. The number of aryl methyl sites for hydroxylation is 1. The highest BCUT2D eigenvalue weighted by atomic mass is 16.2. The summed E-state index contributed by atoms with van der Waals surface area (Å²) in [6.45, 7) is 3.53. The molecule has 2 aromatic rings. The maximum atomic E-state index is 13.5. The molecule has 0 radical (unpaired) electrons. The highest BCUT2D eigenvalue weighted by molar-refractivity contribution is 6.10. The summed E-state index contributed by atoms with van der Waals surface area (Å²) in [6, 6.07) is 17.6. The van der Waals surface area contributed by atoms with Crippen LogP contribution in [0.15, 0.2) is 59.6 Å². The average molecular weight is 431 g/mol. The van der Waals surface area contributed by atoms with E-state index in [9.17, 15) is 9.59 Å². The van der Waals surface area contributed by atoms with Gasteiger partial charge in [0.2, 0.25) is 5.91 Å². The van der Waals surface area contributed by atoms with E-state index in [0.29, 0.717) is 12.1 Å². The summed E-state index contributed by atoms with van der Waals surface area (Å²) in [6.07, 6.45) is 3.18. The Kier molecular flexibility index (Phi) is 5.79. The first-order valence-corrected chi connectivity index (χ1v) is 11.6. The van der Waals surface area contributed by atoms with E-state index >= 15 is 0 Å². The van der Waals surface area contributed by atoms with Crippen LogP contribution < -0.4 is 10.6 Å². The molecule has 0 saturated carbocycles. The Morgan fingerprint density at radius 3 is 2.69 bits per heavy atom. The molecule has 2 saturated heterocycles. The Labute approximate surface area is 189 Å². The summed E-state index contributed by atoms with van der Waals surface area (Å²) in [5, 5.41) is 6.41. The molecule has 3 aliphatic rings. The summed E-state index contributed by atoms with van der Waals surface area (Å²) >= 11 is 0. The van der Waals surface area contributed by atoms with E-state index in [4.69, 9.17) is 4.99 Å². The molecule has 2 amide bonds. The van der Waals surface area contributed by atoms with Crippen LogP contribution in [0, 0.1) is 12.8 Å². The van der Waals surface area contributed by atoms with Crippen molar-refractivity contribution in [1.29, 1.82) is 0 Å². The number of rotatable bonds is 4. The van der Waals surface area contributed by atoms with Gasteiger partial charge in [-0.1, -0.05) is 48.0 Å². The lowest BCUT2D eigenvalue weighted by Gasteiger charge is -2.39. The van der Waals surface area contributed by atoms with Crippen molar-refractivity contribution in [3.05, 3.63) is 71.3 Å². The molecule has 0 bridgehead atoms. The third-order valence-electron chi connectivity index (χ3n) is 6.96. The number of nitrogens with zero attached hydrogens (tertiary/aromatic N) is 2. The van der Waals surface area contributed by atoms with Gasteiger partial charge in [0.25, 0.3) is 5.91 Å². The van der Waals surface area contributed by atoms with Crippen LogP contribution in [-0.4, -0.2) is 53.8 Å². The molecule has 6 nitrogen and oxygen atoms in total. The van der Waals surface area contributed by atoms with Gasteiger partial charge in [-0.2, -0.15) is 0 Å². The minimum Gasteiger partial charge on any atom is -0.331 e. The number of carbonyl (C=O) groups excluding carboxylic acids is 2. The van der Waals surface area contributed by atoms with Crippen molar-refractivity contribution < 1.29 is 9.59 Å². The van der Waals surface area contributed by atoms with Crippen molar-refractivity contribution in [2.75, 3.05) is 13.1 Å². The number of benzene rings is 2. The Morgan fingerprint density at radius 2 is 1.91 bits per heavy atom. The molecule has 3 heterocycles. The molecule has 6 heteroatoms. The van der Waals surface area contributed by atoms with Gasteiger partial charge in [-0.3, -0.25) is 14.6 Å². The van der Waals surface area contributed by atoms with Crippen molar-refractivity contribution in [3.63, 3.8) is 0 Å². The number of fused-ring (bicyclic) bond motifs is 1. The molecule has 5 rings (SSSR count). The average Bonchev–Trinajstić information content (AvgIpc) is 3.23.